The summed E-state index contributed by atoms with van der Waals surface area (Å²) < 4.78 is 2.09. The maximum absolute atomic E-state index is 5.06. The number of rotatable bonds is 4. The van der Waals surface area contributed by atoms with Crippen molar-refractivity contribution in [2.24, 2.45) is 7.05 Å². The lowest BCUT2D eigenvalue weighted by Crippen LogP contribution is -2.31. The Bertz CT molecular complexity index is 838. The highest BCUT2D eigenvalue weighted by Gasteiger charge is 2.22. The van der Waals surface area contributed by atoms with E-state index in [1.54, 1.807) is 0 Å². The van der Waals surface area contributed by atoms with E-state index >= 15 is 0 Å². The Morgan fingerprint density at radius 3 is 1.92 bits per heavy atom. The number of hydrogen-bond acceptors (Lipinski definition) is 1. The maximum Gasteiger partial charge on any atom is 0.330 e. The molecule has 0 aliphatic rings. The van der Waals surface area contributed by atoms with E-state index in [1.165, 1.54) is 16.7 Å². The summed E-state index contributed by atoms with van der Waals surface area (Å²) in [5, 5.41) is 0. The highest BCUT2D eigenvalue weighted by molar-refractivity contribution is 5.70. The molecule has 0 bridgehead atoms. The molecule has 0 amide bonds. The van der Waals surface area contributed by atoms with Gasteiger partial charge in [0.25, 0.3) is 0 Å². The first-order chi connectivity index (χ1) is 12.0. The molecule has 0 aliphatic carbocycles. The lowest BCUT2D eigenvalue weighted by molar-refractivity contribution is -0.663. The molecule has 1 aromatic heterocycles. The van der Waals surface area contributed by atoms with Crippen molar-refractivity contribution in [3.8, 4) is 22.6 Å². The highest BCUT2D eigenvalue weighted by Crippen LogP contribution is 2.35. The van der Waals surface area contributed by atoms with Crippen LogP contribution in [0.25, 0.3) is 22.6 Å². The van der Waals surface area contributed by atoms with Crippen LogP contribution in [0.4, 0.5) is 0 Å². The average molecular weight is 331 g/mol. The second-order valence-electron chi connectivity index (χ2n) is 7.23. The van der Waals surface area contributed by atoms with Gasteiger partial charge in [0.15, 0.2) is 5.69 Å². The minimum absolute atomic E-state index is 0.463. The molecule has 2 nitrogen and oxygen atoms in total. The Hall–Kier alpha value is -2.48. The van der Waals surface area contributed by atoms with Crippen LogP contribution in [-0.2, 0) is 7.05 Å². The zero-order chi connectivity index (χ0) is 18.0. The minimum atomic E-state index is 0.463. The summed E-state index contributed by atoms with van der Waals surface area (Å²) in [7, 11) is 2.05. The fraction of sp³-hybridized carbons (Fsp3) is 0.304. The van der Waals surface area contributed by atoms with E-state index in [2.05, 4.69) is 94.0 Å². The first-order valence-corrected chi connectivity index (χ1v) is 9.04. The largest absolute Gasteiger partial charge is 0.330 e. The molecule has 0 spiro atoms. The number of benzene rings is 2. The zero-order valence-corrected chi connectivity index (χ0v) is 15.8. The van der Waals surface area contributed by atoms with Gasteiger partial charge in [-0.05, 0) is 40.1 Å². The number of nitrogens with zero attached hydrogens (tertiary/aromatic N) is 2. The van der Waals surface area contributed by atoms with Gasteiger partial charge in [0.2, 0.25) is 0 Å². The minimum Gasteiger partial charge on any atom is -0.233 e. The van der Waals surface area contributed by atoms with Gasteiger partial charge in [-0.1, -0.05) is 64.1 Å². The van der Waals surface area contributed by atoms with Crippen LogP contribution < -0.4 is 4.57 Å². The monoisotopic (exact) mass is 331 g/mol. The van der Waals surface area contributed by atoms with E-state index in [9.17, 15) is 0 Å². The van der Waals surface area contributed by atoms with Crippen molar-refractivity contribution in [3.05, 3.63) is 71.9 Å². The van der Waals surface area contributed by atoms with Crippen molar-refractivity contribution in [3.63, 3.8) is 0 Å². The molecule has 1 heterocycles. The Morgan fingerprint density at radius 1 is 0.760 bits per heavy atom. The molecule has 2 aromatic carbocycles. The molecule has 0 saturated heterocycles. The molecule has 3 aromatic rings. The van der Waals surface area contributed by atoms with E-state index in [1.807, 2.05) is 6.07 Å². The lowest BCUT2D eigenvalue weighted by Gasteiger charge is -2.17. The van der Waals surface area contributed by atoms with Crippen molar-refractivity contribution >= 4 is 0 Å². The number of aryl methyl sites for hydroxylation is 1. The van der Waals surface area contributed by atoms with E-state index in [0.29, 0.717) is 11.8 Å². The van der Waals surface area contributed by atoms with Gasteiger partial charge in [-0.3, -0.25) is 0 Å². The Labute approximate surface area is 151 Å². The first-order valence-electron chi connectivity index (χ1n) is 9.04. The molecule has 0 fully saturated rings. The Morgan fingerprint density at radius 2 is 1.36 bits per heavy atom. The Kier molecular flexibility index (Phi) is 4.98. The van der Waals surface area contributed by atoms with Crippen molar-refractivity contribution in [1.29, 1.82) is 0 Å². The summed E-state index contributed by atoms with van der Waals surface area (Å²) >= 11 is 0. The normalized spacial score (nSPS) is 11.3. The van der Waals surface area contributed by atoms with Crippen molar-refractivity contribution in [2.75, 3.05) is 0 Å². The lowest BCUT2D eigenvalue weighted by atomic mass is 9.87. The first kappa shape index (κ1) is 17.3. The molecule has 25 heavy (non-hydrogen) atoms. The fourth-order valence-corrected chi connectivity index (χ4v) is 3.32. The van der Waals surface area contributed by atoms with Gasteiger partial charge in [0, 0.05) is 11.6 Å². The molecule has 0 saturated carbocycles. The predicted molar refractivity (Wildman–Crippen MR) is 104 cm³/mol. The molecule has 3 rings (SSSR count). The van der Waals surface area contributed by atoms with Crippen LogP contribution in [0.3, 0.4) is 0 Å². The van der Waals surface area contributed by atoms with Crippen LogP contribution in [-0.4, -0.2) is 4.98 Å². The van der Waals surface area contributed by atoms with Crippen LogP contribution in [0.5, 0.6) is 0 Å². The van der Waals surface area contributed by atoms with Crippen LogP contribution in [0, 0.1) is 0 Å². The van der Waals surface area contributed by atoms with E-state index in [-0.39, 0.29) is 0 Å². The second kappa shape index (κ2) is 7.18. The Balaban J connectivity index is 2.24. The van der Waals surface area contributed by atoms with Crippen molar-refractivity contribution < 1.29 is 4.57 Å². The van der Waals surface area contributed by atoms with Crippen LogP contribution in [0.2, 0.25) is 0 Å². The molecule has 0 aliphatic heterocycles. The summed E-state index contributed by atoms with van der Waals surface area (Å²) in [6, 6.07) is 19.2. The summed E-state index contributed by atoms with van der Waals surface area (Å²) in [4.78, 5) is 5.06. The maximum atomic E-state index is 5.06. The summed E-state index contributed by atoms with van der Waals surface area (Å²) in [6.45, 7) is 9.02. The third-order valence-corrected chi connectivity index (χ3v) is 4.68. The van der Waals surface area contributed by atoms with Crippen molar-refractivity contribution in [2.45, 2.75) is 39.5 Å². The van der Waals surface area contributed by atoms with Crippen LogP contribution in [0.1, 0.15) is 50.7 Å². The molecule has 128 valence electrons. The van der Waals surface area contributed by atoms with E-state index in [0.717, 1.165) is 17.1 Å². The van der Waals surface area contributed by atoms with Gasteiger partial charge in [0.1, 0.15) is 0 Å². The smallest absolute Gasteiger partial charge is 0.233 e. The van der Waals surface area contributed by atoms with Gasteiger partial charge in [-0.15, -0.1) is 0 Å². The summed E-state index contributed by atoms with van der Waals surface area (Å²) in [5.41, 5.74) is 6.23. The van der Waals surface area contributed by atoms with Gasteiger partial charge in [-0.2, -0.15) is 0 Å². The number of aromatic nitrogens is 2. The van der Waals surface area contributed by atoms with Gasteiger partial charge >= 0.3 is 5.82 Å². The van der Waals surface area contributed by atoms with Crippen LogP contribution >= 0.6 is 0 Å². The van der Waals surface area contributed by atoms with Crippen molar-refractivity contribution in [1.82, 2.24) is 4.98 Å². The standard InChI is InChI=1S/C23H27N2/c1-16(2)19-12-9-13-20(17(3)4)22(19)21-14-15-25(5)23(24-21)18-10-7-6-8-11-18/h6-17H,1-5H3/q+1. The molecule has 0 atom stereocenters. The third kappa shape index (κ3) is 3.48. The molecule has 0 unspecified atom stereocenters. The molecule has 0 radical (unpaired) electrons. The topological polar surface area (TPSA) is 16.8 Å². The van der Waals surface area contributed by atoms with E-state index in [4.69, 9.17) is 4.98 Å². The molecule has 2 heteroatoms. The van der Waals surface area contributed by atoms with Crippen LogP contribution in [0.15, 0.2) is 60.8 Å². The number of hydrogen-bond donors (Lipinski definition) is 0. The molecular formula is C23H27N2+. The summed E-state index contributed by atoms with van der Waals surface area (Å²) in [6.07, 6.45) is 2.12. The van der Waals surface area contributed by atoms with E-state index < -0.39 is 0 Å². The zero-order valence-electron chi connectivity index (χ0n) is 15.8. The highest BCUT2D eigenvalue weighted by atomic mass is 15.0. The SMILES string of the molecule is CC(C)c1cccc(C(C)C)c1-c1cc[n+](C)c(-c2ccccc2)n1. The predicted octanol–water partition coefficient (Wildman–Crippen LogP) is 5.49. The average Bonchev–Trinajstić information content (AvgIpc) is 2.62. The third-order valence-electron chi connectivity index (χ3n) is 4.68. The second-order valence-corrected chi connectivity index (χ2v) is 7.23. The van der Waals surface area contributed by atoms with Gasteiger partial charge < -0.3 is 0 Å². The quantitative estimate of drug-likeness (QED) is 0.578. The van der Waals surface area contributed by atoms with Gasteiger partial charge in [-0.25, -0.2) is 4.57 Å². The summed E-state index contributed by atoms with van der Waals surface area (Å²) in [5.74, 6) is 1.92. The molecule has 0 N–H and O–H groups in total. The fourth-order valence-electron chi connectivity index (χ4n) is 3.32. The van der Waals surface area contributed by atoms with Gasteiger partial charge in [0.05, 0.1) is 18.8 Å². The molecular weight excluding hydrogens is 304 g/mol.